The van der Waals surface area contributed by atoms with Crippen LogP contribution in [0.1, 0.15) is 23.7 Å². The number of hydrogen-bond acceptors (Lipinski definition) is 5. The summed E-state index contributed by atoms with van der Waals surface area (Å²) in [5, 5.41) is 3.47. The van der Waals surface area contributed by atoms with Crippen molar-refractivity contribution in [1.82, 2.24) is 14.5 Å². The smallest absolute Gasteiger partial charge is 0.254 e. The zero-order valence-corrected chi connectivity index (χ0v) is 13.2. The fourth-order valence-corrected chi connectivity index (χ4v) is 3.62. The summed E-state index contributed by atoms with van der Waals surface area (Å²) in [6, 6.07) is 5.02. The summed E-state index contributed by atoms with van der Waals surface area (Å²) in [7, 11) is 0. The van der Waals surface area contributed by atoms with Gasteiger partial charge in [-0.3, -0.25) is 14.2 Å². The van der Waals surface area contributed by atoms with Crippen molar-refractivity contribution >= 4 is 23.5 Å². The maximum absolute atomic E-state index is 12.2. The highest BCUT2D eigenvalue weighted by molar-refractivity contribution is 7.99. The van der Waals surface area contributed by atoms with Gasteiger partial charge in [0.25, 0.3) is 5.56 Å². The molecule has 2 aromatic rings. The standard InChI is InChI=1S/C15H16N4O2S/c1-9-3-4-16-12(5-9)18-13(20)7-11-8-22-15-17-10(2)6-14(21)19(11)15/h3-6,11H,7-8H2,1-2H3,(H,16,18,20)/t11-/m0/s1. The molecule has 1 atom stereocenters. The number of aromatic nitrogens is 3. The highest BCUT2D eigenvalue weighted by Crippen LogP contribution is 2.32. The average molecular weight is 316 g/mol. The van der Waals surface area contributed by atoms with E-state index >= 15 is 0 Å². The molecule has 114 valence electrons. The average Bonchev–Trinajstić information content (AvgIpc) is 2.81. The lowest BCUT2D eigenvalue weighted by Gasteiger charge is -2.13. The monoisotopic (exact) mass is 316 g/mol. The molecule has 2 aromatic heterocycles. The van der Waals surface area contributed by atoms with E-state index in [-0.39, 0.29) is 23.9 Å². The van der Waals surface area contributed by atoms with Crippen LogP contribution in [0.15, 0.2) is 34.3 Å². The number of thioether (sulfide) groups is 1. The molecule has 3 rings (SSSR count). The Morgan fingerprint density at radius 2 is 2.27 bits per heavy atom. The lowest BCUT2D eigenvalue weighted by Crippen LogP contribution is -2.27. The SMILES string of the molecule is Cc1ccnc(NC(=O)C[C@H]2CSc3nc(C)cc(=O)n32)c1. The lowest BCUT2D eigenvalue weighted by atomic mass is 10.2. The van der Waals surface area contributed by atoms with E-state index in [9.17, 15) is 9.59 Å². The van der Waals surface area contributed by atoms with Gasteiger partial charge in [-0.05, 0) is 31.5 Å². The van der Waals surface area contributed by atoms with Crippen LogP contribution in [0.3, 0.4) is 0 Å². The van der Waals surface area contributed by atoms with Gasteiger partial charge >= 0.3 is 0 Å². The van der Waals surface area contributed by atoms with Crippen molar-refractivity contribution in [2.75, 3.05) is 11.1 Å². The van der Waals surface area contributed by atoms with Crippen molar-refractivity contribution in [2.24, 2.45) is 0 Å². The van der Waals surface area contributed by atoms with Crippen molar-refractivity contribution in [3.8, 4) is 0 Å². The molecule has 0 aliphatic carbocycles. The Morgan fingerprint density at radius 3 is 3.05 bits per heavy atom. The predicted octanol–water partition coefficient (Wildman–Crippen LogP) is 1.93. The molecule has 0 saturated heterocycles. The molecular formula is C15H16N4O2S. The van der Waals surface area contributed by atoms with E-state index in [4.69, 9.17) is 0 Å². The van der Waals surface area contributed by atoms with Gasteiger partial charge in [0, 0.05) is 30.1 Å². The van der Waals surface area contributed by atoms with Crippen LogP contribution in [0.4, 0.5) is 5.82 Å². The number of amides is 1. The van der Waals surface area contributed by atoms with Crippen LogP contribution < -0.4 is 10.9 Å². The molecule has 1 aliphatic heterocycles. The zero-order valence-electron chi connectivity index (χ0n) is 12.4. The fraction of sp³-hybridized carbons (Fsp3) is 0.333. The zero-order chi connectivity index (χ0) is 15.7. The number of nitrogens with one attached hydrogen (secondary N) is 1. The van der Waals surface area contributed by atoms with E-state index in [0.29, 0.717) is 22.4 Å². The van der Waals surface area contributed by atoms with E-state index in [1.54, 1.807) is 17.7 Å². The molecule has 0 unspecified atom stereocenters. The van der Waals surface area contributed by atoms with Gasteiger partial charge < -0.3 is 5.32 Å². The third-order valence-electron chi connectivity index (χ3n) is 3.42. The quantitative estimate of drug-likeness (QED) is 0.876. The molecule has 7 heteroatoms. The minimum atomic E-state index is -0.162. The van der Waals surface area contributed by atoms with Crippen LogP contribution in [0.5, 0.6) is 0 Å². The molecule has 1 N–H and O–H groups in total. The number of hydrogen-bond donors (Lipinski definition) is 1. The molecule has 0 bridgehead atoms. The fourth-order valence-electron chi connectivity index (χ4n) is 2.43. The Kier molecular flexibility index (Phi) is 3.98. The summed E-state index contributed by atoms with van der Waals surface area (Å²) in [5.41, 5.74) is 1.64. The lowest BCUT2D eigenvalue weighted by molar-refractivity contribution is -0.116. The van der Waals surface area contributed by atoms with E-state index in [1.165, 1.54) is 17.8 Å². The number of rotatable bonds is 3. The number of carbonyl (C=O) groups is 1. The molecular weight excluding hydrogens is 300 g/mol. The third kappa shape index (κ3) is 3.04. The van der Waals surface area contributed by atoms with Gasteiger partial charge in [-0.1, -0.05) is 11.8 Å². The first kappa shape index (κ1) is 14.8. The second-order valence-electron chi connectivity index (χ2n) is 5.32. The first-order valence-corrected chi connectivity index (χ1v) is 7.97. The minimum Gasteiger partial charge on any atom is -0.311 e. The summed E-state index contributed by atoms with van der Waals surface area (Å²) >= 11 is 1.51. The maximum Gasteiger partial charge on any atom is 0.254 e. The first-order valence-electron chi connectivity index (χ1n) is 6.98. The van der Waals surface area contributed by atoms with E-state index in [2.05, 4.69) is 15.3 Å². The van der Waals surface area contributed by atoms with Gasteiger partial charge in [-0.15, -0.1) is 0 Å². The number of aryl methyl sites for hydroxylation is 2. The Bertz CT molecular complexity index is 787. The molecule has 0 spiro atoms. The normalized spacial score (nSPS) is 16.4. The number of pyridine rings is 1. The van der Waals surface area contributed by atoms with Crippen LogP contribution in [0.25, 0.3) is 0 Å². The summed E-state index contributed by atoms with van der Waals surface area (Å²) in [6.45, 7) is 3.74. The molecule has 3 heterocycles. The predicted molar refractivity (Wildman–Crippen MR) is 85.2 cm³/mol. The van der Waals surface area contributed by atoms with Gasteiger partial charge in [0.05, 0.1) is 6.04 Å². The topological polar surface area (TPSA) is 76.9 Å². The molecule has 0 fully saturated rings. The minimum absolute atomic E-state index is 0.0982. The number of nitrogens with zero attached hydrogens (tertiary/aromatic N) is 3. The van der Waals surface area contributed by atoms with E-state index in [1.807, 2.05) is 19.1 Å². The number of carbonyl (C=O) groups excluding carboxylic acids is 1. The Labute approximate surface area is 132 Å². The van der Waals surface area contributed by atoms with Crippen molar-refractivity contribution in [1.29, 1.82) is 0 Å². The van der Waals surface area contributed by atoms with Crippen molar-refractivity contribution in [3.05, 3.63) is 46.0 Å². The highest BCUT2D eigenvalue weighted by Gasteiger charge is 2.27. The van der Waals surface area contributed by atoms with Crippen molar-refractivity contribution in [2.45, 2.75) is 31.5 Å². The Balaban J connectivity index is 1.73. The first-order chi connectivity index (χ1) is 10.5. The van der Waals surface area contributed by atoms with Gasteiger partial charge in [-0.25, -0.2) is 9.97 Å². The van der Waals surface area contributed by atoms with Crippen LogP contribution in [-0.4, -0.2) is 26.2 Å². The second kappa shape index (κ2) is 5.92. The van der Waals surface area contributed by atoms with E-state index < -0.39 is 0 Å². The van der Waals surface area contributed by atoms with Gasteiger partial charge in [-0.2, -0.15) is 0 Å². The second-order valence-corrected chi connectivity index (χ2v) is 6.31. The van der Waals surface area contributed by atoms with Gasteiger partial charge in [0.1, 0.15) is 5.82 Å². The molecule has 0 aromatic carbocycles. The van der Waals surface area contributed by atoms with Crippen LogP contribution >= 0.6 is 11.8 Å². The number of anilines is 1. The van der Waals surface area contributed by atoms with Crippen molar-refractivity contribution in [3.63, 3.8) is 0 Å². The molecule has 1 aliphatic rings. The molecule has 0 saturated carbocycles. The Hall–Kier alpha value is -2.15. The molecule has 22 heavy (non-hydrogen) atoms. The largest absolute Gasteiger partial charge is 0.311 e. The summed E-state index contributed by atoms with van der Waals surface area (Å²) in [5.74, 6) is 1.06. The van der Waals surface area contributed by atoms with Crippen LogP contribution in [0.2, 0.25) is 0 Å². The van der Waals surface area contributed by atoms with Crippen molar-refractivity contribution < 1.29 is 4.79 Å². The number of fused-ring (bicyclic) bond motifs is 1. The van der Waals surface area contributed by atoms with Crippen LogP contribution in [0, 0.1) is 13.8 Å². The summed E-state index contributed by atoms with van der Waals surface area (Å²) < 4.78 is 1.61. The molecule has 0 radical (unpaired) electrons. The van der Waals surface area contributed by atoms with Crippen LogP contribution in [-0.2, 0) is 4.79 Å². The molecule has 6 nitrogen and oxygen atoms in total. The Morgan fingerprint density at radius 1 is 1.45 bits per heavy atom. The maximum atomic E-state index is 12.2. The third-order valence-corrected chi connectivity index (χ3v) is 4.52. The molecule has 1 amide bonds. The summed E-state index contributed by atoms with van der Waals surface area (Å²) in [4.78, 5) is 32.7. The summed E-state index contributed by atoms with van der Waals surface area (Å²) in [6.07, 6.45) is 1.89. The highest BCUT2D eigenvalue weighted by atomic mass is 32.2. The van der Waals surface area contributed by atoms with Gasteiger partial charge in [0.2, 0.25) is 5.91 Å². The van der Waals surface area contributed by atoms with E-state index in [0.717, 1.165) is 5.56 Å². The van der Waals surface area contributed by atoms with Gasteiger partial charge in [0.15, 0.2) is 5.16 Å².